The maximum Gasteiger partial charge on any atom is 0.416 e. The van der Waals surface area contributed by atoms with Crippen LogP contribution in [0.4, 0.5) is 18.9 Å². The van der Waals surface area contributed by atoms with Crippen LogP contribution in [0.1, 0.15) is 44.9 Å². The van der Waals surface area contributed by atoms with Gasteiger partial charge in [-0.3, -0.25) is 4.79 Å². The molecule has 3 aliphatic heterocycles. The first-order valence-electron chi connectivity index (χ1n) is 13.5. The smallest absolute Gasteiger partial charge is 0.393 e. The van der Waals surface area contributed by atoms with Gasteiger partial charge in [-0.2, -0.15) is 13.2 Å². The number of fused-ring (bicyclic) bond motifs is 1. The van der Waals surface area contributed by atoms with Crippen LogP contribution in [0.25, 0.3) is 0 Å². The second-order valence-electron chi connectivity index (χ2n) is 11.5. The molecule has 8 nitrogen and oxygen atoms in total. The lowest BCUT2D eigenvalue weighted by atomic mass is 9.75. The summed E-state index contributed by atoms with van der Waals surface area (Å²) in [6.07, 6.45) is -2.12. The molecule has 11 heteroatoms. The Hall–Kier alpha value is -3.28. The van der Waals surface area contributed by atoms with Gasteiger partial charge in [0.1, 0.15) is 12.2 Å². The fourth-order valence-electron chi connectivity index (χ4n) is 6.25. The van der Waals surface area contributed by atoms with Crippen molar-refractivity contribution in [1.82, 2.24) is 19.7 Å². The number of halogens is 3. The third-order valence-corrected chi connectivity index (χ3v) is 8.63. The summed E-state index contributed by atoms with van der Waals surface area (Å²) in [4.78, 5) is 17.1. The van der Waals surface area contributed by atoms with Crippen molar-refractivity contribution in [3.8, 4) is 0 Å². The number of likely N-dealkylation sites (tertiary alicyclic amines) is 1. The number of rotatable bonds is 6. The highest BCUT2D eigenvalue weighted by Gasteiger charge is 2.44. The summed E-state index contributed by atoms with van der Waals surface area (Å²) in [7, 11) is 3.81. The molecule has 6 rings (SSSR count). The molecule has 0 spiro atoms. The molecule has 3 aliphatic rings. The minimum absolute atomic E-state index is 0.00580. The van der Waals surface area contributed by atoms with E-state index < -0.39 is 23.8 Å². The molecule has 0 radical (unpaired) electrons. The van der Waals surface area contributed by atoms with Crippen LogP contribution in [-0.4, -0.2) is 70.1 Å². The van der Waals surface area contributed by atoms with Crippen LogP contribution in [0, 0.1) is 5.92 Å². The molecular weight excluding hydrogens is 523 g/mol. The van der Waals surface area contributed by atoms with Crippen molar-refractivity contribution in [3.63, 3.8) is 0 Å². The molecule has 0 saturated carbocycles. The fraction of sp³-hybridized carbons (Fsp3) is 0.483. The molecule has 2 fully saturated rings. The van der Waals surface area contributed by atoms with Gasteiger partial charge in [0.15, 0.2) is 0 Å². The van der Waals surface area contributed by atoms with Gasteiger partial charge in [-0.1, -0.05) is 12.1 Å². The van der Waals surface area contributed by atoms with E-state index in [1.165, 1.54) is 4.90 Å². The molecule has 40 heavy (non-hydrogen) atoms. The van der Waals surface area contributed by atoms with Crippen molar-refractivity contribution < 1.29 is 27.8 Å². The van der Waals surface area contributed by atoms with Gasteiger partial charge in [-0.15, -0.1) is 10.2 Å². The Balaban J connectivity index is 1.31. The molecular formula is C29H32F3N5O3. The monoisotopic (exact) mass is 555 g/mol. The van der Waals surface area contributed by atoms with Gasteiger partial charge in [-0.25, -0.2) is 0 Å². The topological polar surface area (TPSA) is 83.7 Å². The average molecular weight is 556 g/mol. The Labute approximate surface area is 230 Å². The third-order valence-electron chi connectivity index (χ3n) is 8.63. The lowest BCUT2D eigenvalue weighted by molar-refractivity contribution is -0.138. The average Bonchev–Trinajstić information content (AvgIpc) is 3.45. The van der Waals surface area contributed by atoms with Gasteiger partial charge in [0, 0.05) is 49.1 Å². The quantitative estimate of drug-likeness (QED) is 0.503. The Kier molecular flexibility index (Phi) is 6.71. The molecule has 1 unspecified atom stereocenters. The second kappa shape index (κ2) is 9.97. The number of hydrogen-bond donors (Lipinski definition) is 1. The number of carbonyl (C=O) groups is 1. The zero-order valence-electron chi connectivity index (χ0n) is 22.5. The van der Waals surface area contributed by atoms with E-state index in [0.717, 1.165) is 24.0 Å². The number of ether oxygens (including phenoxy) is 1. The molecule has 0 aliphatic carbocycles. The SMILES string of the molecule is CN1CC[C@H](O)C(Cc2cc3c(c(C(F)(F)F)c2)CN(c2cccc(C4(Cc5nncn5C)COC4)c2)C3=O)C1. The van der Waals surface area contributed by atoms with Gasteiger partial charge in [0.2, 0.25) is 0 Å². The van der Waals surface area contributed by atoms with Crippen molar-refractivity contribution in [2.24, 2.45) is 13.0 Å². The van der Waals surface area contributed by atoms with Crippen LogP contribution in [0.3, 0.4) is 0 Å². The molecule has 2 aromatic carbocycles. The molecule has 2 atom stereocenters. The highest BCUT2D eigenvalue weighted by molar-refractivity contribution is 6.10. The summed E-state index contributed by atoms with van der Waals surface area (Å²) in [6, 6.07) is 10.2. The van der Waals surface area contributed by atoms with Crippen LogP contribution in [0.5, 0.6) is 0 Å². The van der Waals surface area contributed by atoms with E-state index in [2.05, 4.69) is 15.1 Å². The van der Waals surface area contributed by atoms with Crippen LogP contribution >= 0.6 is 0 Å². The summed E-state index contributed by atoms with van der Waals surface area (Å²) in [5.41, 5.74) is 0.839. The number of hydrogen-bond acceptors (Lipinski definition) is 6. The zero-order valence-corrected chi connectivity index (χ0v) is 22.5. The molecule has 1 N–H and O–H groups in total. The van der Waals surface area contributed by atoms with Gasteiger partial charge in [-0.05, 0) is 60.8 Å². The molecule has 0 bridgehead atoms. The number of aliphatic hydroxyl groups is 1. The van der Waals surface area contributed by atoms with E-state index in [9.17, 15) is 23.1 Å². The first-order chi connectivity index (χ1) is 19.0. The van der Waals surface area contributed by atoms with E-state index >= 15 is 0 Å². The highest BCUT2D eigenvalue weighted by Crippen LogP contribution is 2.42. The van der Waals surface area contributed by atoms with Crippen LogP contribution in [0.15, 0.2) is 42.7 Å². The zero-order chi connectivity index (χ0) is 28.2. The summed E-state index contributed by atoms with van der Waals surface area (Å²) in [5.74, 6) is 0.153. The van der Waals surface area contributed by atoms with E-state index in [4.69, 9.17) is 4.74 Å². The third kappa shape index (κ3) is 4.80. The number of aliphatic hydroxyl groups excluding tert-OH is 1. The Morgan fingerprint density at radius 3 is 2.65 bits per heavy atom. The standard InChI is InChI=1S/C29H32F3N5O3/c1-35-7-6-25(38)19(13-35)8-18-9-22-23(24(10-18)29(30,31)32)14-37(27(22)39)21-5-3-4-20(11-21)28(15-40-16-28)12-26-34-33-17-36(26)2/h3-5,9-11,17,19,25,38H,6-8,12-16H2,1-2H3/t19?,25-/m0/s1. The number of aryl methyl sites for hydroxylation is 1. The Morgan fingerprint density at radius 1 is 1.18 bits per heavy atom. The molecule has 212 valence electrons. The van der Waals surface area contributed by atoms with Gasteiger partial charge >= 0.3 is 6.18 Å². The van der Waals surface area contributed by atoms with Crippen molar-refractivity contribution in [2.75, 3.05) is 38.3 Å². The molecule has 1 aromatic heterocycles. The highest BCUT2D eigenvalue weighted by atomic mass is 19.4. The Bertz CT molecular complexity index is 1430. The number of alkyl halides is 3. The number of aromatic nitrogens is 3. The second-order valence-corrected chi connectivity index (χ2v) is 11.5. The lowest BCUT2D eigenvalue weighted by Gasteiger charge is -2.42. The molecule has 4 heterocycles. The van der Waals surface area contributed by atoms with Gasteiger partial charge in [0.05, 0.1) is 31.4 Å². The number of amides is 1. The maximum absolute atomic E-state index is 14.3. The molecule has 1 amide bonds. The lowest BCUT2D eigenvalue weighted by Crippen LogP contribution is -2.49. The number of carbonyl (C=O) groups excluding carboxylic acids is 1. The number of piperidine rings is 1. The van der Waals surface area contributed by atoms with E-state index in [-0.39, 0.29) is 35.4 Å². The molecule has 2 saturated heterocycles. The van der Waals surface area contributed by atoms with Crippen LogP contribution in [0.2, 0.25) is 0 Å². The number of nitrogens with zero attached hydrogens (tertiary/aromatic N) is 5. The maximum atomic E-state index is 14.3. The van der Waals surface area contributed by atoms with Crippen molar-refractivity contribution in [3.05, 3.63) is 76.4 Å². The summed E-state index contributed by atoms with van der Waals surface area (Å²) >= 11 is 0. The van der Waals surface area contributed by atoms with Crippen molar-refractivity contribution in [1.29, 1.82) is 0 Å². The summed E-state index contributed by atoms with van der Waals surface area (Å²) < 4.78 is 50.2. The minimum atomic E-state index is -4.61. The fourth-order valence-corrected chi connectivity index (χ4v) is 6.25. The summed E-state index contributed by atoms with van der Waals surface area (Å²) in [5, 5.41) is 18.7. The predicted molar refractivity (Wildman–Crippen MR) is 141 cm³/mol. The van der Waals surface area contributed by atoms with Gasteiger partial charge in [0.25, 0.3) is 5.91 Å². The number of benzene rings is 2. The van der Waals surface area contributed by atoms with Crippen molar-refractivity contribution in [2.45, 2.75) is 43.5 Å². The minimum Gasteiger partial charge on any atom is -0.393 e. The Morgan fingerprint density at radius 2 is 1.98 bits per heavy atom. The van der Waals surface area contributed by atoms with Gasteiger partial charge < -0.3 is 24.2 Å². The van der Waals surface area contributed by atoms with E-state index in [0.29, 0.717) is 43.9 Å². The largest absolute Gasteiger partial charge is 0.416 e. The van der Waals surface area contributed by atoms with Crippen LogP contribution < -0.4 is 4.90 Å². The van der Waals surface area contributed by atoms with Crippen LogP contribution in [-0.2, 0) is 42.8 Å². The predicted octanol–water partition coefficient (Wildman–Crippen LogP) is 3.36. The first-order valence-corrected chi connectivity index (χ1v) is 13.5. The number of anilines is 1. The summed E-state index contributed by atoms with van der Waals surface area (Å²) in [6.45, 7) is 2.12. The van der Waals surface area contributed by atoms with E-state index in [1.807, 2.05) is 36.9 Å². The van der Waals surface area contributed by atoms with Crippen molar-refractivity contribution >= 4 is 11.6 Å². The molecule has 3 aromatic rings. The normalized spacial score (nSPS) is 22.9. The first kappa shape index (κ1) is 26.9. The van der Waals surface area contributed by atoms with E-state index in [1.54, 1.807) is 18.5 Å².